The predicted octanol–water partition coefficient (Wildman–Crippen LogP) is 4.84. The third-order valence-corrected chi connectivity index (χ3v) is 7.77. The van der Waals surface area contributed by atoms with Gasteiger partial charge >= 0.3 is 0 Å². The first-order valence-electron chi connectivity index (χ1n) is 13.6. The van der Waals surface area contributed by atoms with Gasteiger partial charge in [-0.3, -0.25) is 19.1 Å². The smallest absolute Gasteiger partial charge is 0.262 e. The minimum absolute atomic E-state index is 0.0247. The van der Waals surface area contributed by atoms with Crippen LogP contribution in [0.25, 0.3) is 22.3 Å². The number of carbonyl (C=O) groups excluding carboxylic acids is 1. The van der Waals surface area contributed by atoms with Gasteiger partial charge < -0.3 is 10.1 Å². The maximum atomic E-state index is 13.8. The van der Waals surface area contributed by atoms with E-state index in [0.29, 0.717) is 39.1 Å². The molecule has 1 aliphatic heterocycles. The zero-order valence-electron chi connectivity index (χ0n) is 22.6. The van der Waals surface area contributed by atoms with Crippen LogP contribution in [0, 0.1) is 5.92 Å². The molecule has 0 spiro atoms. The van der Waals surface area contributed by atoms with Gasteiger partial charge in [-0.2, -0.15) is 0 Å². The first kappa shape index (κ1) is 26.9. The average Bonchev–Trinajstić information content (AvgIpc) is 2.81. The first-order chi connectivity index (χ1) is 18.2. The van der Waals surface area contributed by atoms with Gasteiger partial charge in [-0.15, -0.1) is 0 Å². The number of hydrogen-bond acceptors (Lipinski definition) is 5. The standard InChI is InChI=1S/C30H37ClN4O3/c1-18(2)32-28(36)17-35-29(23-6-5-7-25(31)12-23)33-27-9-8-22(13-26(27)30(35)37)24-10-21(11-24)16-34-14-19(3)38-20(4)15-34/h5-9,12-13,18-21,24H,10-11,14-17H2,1-4H3,(H,32,36)/t19-,20+,21-,24-. The summed E-state index contributed by atoms with van der Waals surface area (Å²) < 4.78 is 7.35. The van der Waals surface area contributed by atoms with Gasteiger partial charge in [0.25, 0.3) is 5.56 Å². The van der Waals surface area contributed by atoms with Gasteiger partial charge in [0.2, 0.25) is 5.91 Å². The third kappa shape index (κ3) is 5.95. The van der Waals surface area contributed by atoms with Crippen molar-refractivity contribution in [1.82, 2.24) is 19.8 Å². The molecule has 0 bridgehead atoms. The largest absolute Gasteiger partial charge is 0.373 e. The topological polar surface area (TPSA) is 76.5 Å². The van der Waals surface area contributed by atoms with Crippen molar-refractivity contribution in [2.24, 2.45) is 5.92 Å². The molecule has 2 aromatic carbocycles. The maximum Gasteiger partial charge on any atom is 0.262 e. The fraction of sp³-hybridized carbons (Fsp3) is 0.500. The Kier molecular flexibility index (Phi) is 7.89. The van der Waals surface area contributed by atoms with E-state index < -0.39 is 0 Å². The van der Waals surface area contributed by atoms with Crippen LogP contribution in [0.1, 0.15) is 52.0 Å². The molecule has 38 heavy (non-hydrogen) atoms. The monoisotopic (exact) mass is 536 g/mol. The van der Waals surface area contributed by atoms with Crippen molar-refractivity contribution in [1.29, 1.82) is 0 Å². The number of nitrogens with one attached hydrogen (secondary N) is 1. The van der Waals surface area contributed by atoms with Crippen LogP contribution in [0.3, 0.4) is 0 Å². The highest BCUT2D eigenvalue weighted by atomic mass is 35.5. The fourth-order valence-corrected chi connectivity index (χ4v) is 6.14. The molecular formula is C30H37ClN4O3. The van der Waals surface area contributed by atoms with Crippen molar-refractivity contribution in [3.05, 3.63) is 63.4 Å². The normalized spacial score (nSPS) is 23.9. The molecule has 202 valence electrons. The lowest BCUT2D eigenvalue weighted by Crippen LogP contribution is -2.48. The summed E-state index contributed by atoms with van der Waals surface area (Å²) >= 11 is 6.24. The Labute approximate surface area is 229 Å². The number of hydrogen-bond donors (Lipinski definition) is 1. The first-order valence-corrected chi connectivity index (χ1v) is 14.0. The van der Waals surface area contributed by atoms with Gasteiger partial charge in [-0.25, -0.2) is 4.98 Å². The summed E-state index contributed by atoms with van der Waals surface area (Å²) in [6.45, 7) is 11.1. The van der Waals surface area contributed by atoms with E-state index in [2.05, 4.69) is 30.1 Å². The van der Waals surface area contributed by atoms with E-state index in [1.54, 1.807) is 12.1 Å². The van der Waals surface area contributed by atoms with Crippen LogP contribution in [0.15, 0.2) is 47.3 Å². The molecule has 0 radical (unpaired) electrons. The van der Waals surface area contributed by atoms with E-state index in [1.165, 1.54) is 10.1 Å². The van der Waals surface area contributed by atoms with Crippen molar-refractivity contribution >= 4 is 28.4 Å². The summed E-state index contributed by atoms with van der Waals surface area (Å²) in [5.41, 5.74) is 2.29. The summed E-state index contributed by atoms with van der Waals surface area (Å²) in [6, 6.07) is 13.2. The number of halogens is 1. The highest BCUT2D eigenvalue weighted by molar-refractivity contribution is 6.30. The van der Waals surface area contributed by atoms with Crippen molar-refractivity contribution in [2.45, 2.75) is 71.2 Å². The number of amides is 1. The molecule has 3 aromatic rings. The average molecular weight is 537 g/mol. The van der Waals surface area contributed by atoms with E-state index in [-0.39, 0.29) is 36.3 Å². The Morgan fingerprint density at radius 3 is 2.55 bits per heavy atom. The van der Waals surface area contributed by atoms with Gasteiger partial charge in [0.15, 0.2) is 0 Å². The van der Waals surface area contributed by atoms with Gasteiger partial charge in [0.1, 0.15) is 12.4 Å². The van der Waals surface area contributed by atoms with Gasteiger partial charge in [0.05, 0.1) is 23.1 Å². The predicted molar refractivity (Wildman–Crippen MR) is 152 cm³/mol. The number of aromatic nitrogens is 2. The second kappa shape index (κ2) is 11.2. The second-order valence-electron chi connectivity index (χ2n) is 11.3. The molecule has 1 N–H and O–H groups in total. The van der Waals surface area contributed by atoms with Crippen molar-refractivity contribution < 1.29 is 9.53 Å². The van der Waals surface area contributed by atoms with Crippen molar-refractivity contribution in [3.8, 4) is 11.4 Å². The molecule has 8 heteroatoms. The number of rotatable bonds is 7. The second-order valence-corrected chi connectivity index (χ2v) is 11.8. The zero-order chi connectivity index (χ0) is 27.0. The fourth-order valence-electron chi connectivity index (χ4n) is 5.95. The lowest BCUT2D eigenvalue weighted by atomic mass is 9.71. The number of carbonyl (C=O) groups is 1. The highest BCUT2D eigenvalue weighted by Crippen LogP contribution is 2.42. The molecule has 1 aliphatic carbocycles. The van der Waals surface area contributed by atoms with E-state index >= 15 is 0 Å². The number of nitrogens with zero attached hydrogens (tertiary/aromatic N) is 3. The minimum Gasteiger partial charge on any atom is -0.373 e. The summed E-state index contributed by atoms with van der Waals surface area (Å²) in [5.74, 6) is 1.31. The minimum atomic E-state index is -0.226. The molecule has 5 rings (SSSR count). The highest BCUT2D eigenvalue weighted by Gasteiger charge is 2.33. The van der Waals surface area contributed by atoms with Crippen LogP contribution in [-0.2, 0) is 16.1 Å². The van der Waals surface area contributed by atoms with Crippen LogP contribution in [0.4, 0.5) is 0 Å². The summed E-state index contributed by atoms with van der Waals surface area (Å²) in [4.78, 5) is 33.9. The van der Waals surface area contributed by atoms with Crippen LogP contribution in [-0.4, -0.2) is 58.2 Å². The molecule has 1 saturated carbocycles. The quantitative estimate of drug-likeness (QED) is 0.467. The molecule has 1 aromatic heterocycles. The van der Waals surface area contributed by atoms with Gasteiger partial charge in [0, 0.05) is 36.3 Å². The van der Waals surface area contributed by atoms with Crippen LogP contribution in [0.5, 0.6) is 0 Å². The Hall–Kier alpha value is -2.74. The summed E-state index contributed by atoms with van der Waals surface area (Å²) in [5, 5.41) is 3.98. The summed E-state index contributed by atoms with van der Waals surface area (Å²) in [6.07, 6.45) is 2.79. The number of ether oxygens (including phenoxy) is 1. The van der Waals surface area contributed by atoms with E-state index in [1.807, 2.05) is 38.1 Å². The molecule has 2 atom stereocenters. The molecule has 2 aliphatic rings. The Morgan fingerprint density at radius 1 is 1.13 bits per heavy atom. The number of benzene rings is 2. The molecule has 1 amide bonds. The molecule has 0 unspecified atom stereocenters. The molecule has 2 fully saturated rings. The van der Waals surface area contributed by atoms with E-state index in [9.17, 15) is 9.59 Å². The lowest BCUT2D eigenvalue weighted by Gasteiger charge is -2.42. The van der Waals surface area contributed by atoms with Crippen molar-refractivity contribution in [2.75, 3.05) is 19.6 Å². The number of morpholine rings is 1. The maximum absolute atomic E-state index is 13.8. The molecular weight excluding hydrogens is 500 g/mol. The van der Waals surface area contributed by atoms with Crippen LogP contribution in [0.2, 0.25) is 5.02 Å². The third-order valence-electron chi connectivity index (χ3n) is 7.53. The van der Waals surface area contributed by atoms with Gasteiger partial charge in [-0.05, 0) is 82.2 Å². The lowest BCUT2D eigenvalue weighted by molar-refractivity contribution is -0.122. The van der Waals surface area contributed by atoms with Gasteiger partial charge in [-0.1, -0.05) is 29.8 Å². The Morgan fingerprint density at radius 2 is 1.87 bits per heavy atom. The molecule has 2 heterocycles. The SMILES string of the molecule is CC(C)NC(=O)Cn1c(-c2cccc(Cl)c2)nc2ccc([C@H]3C[C@H](CN4C[C@@H](C)O[C@@H](C)C4)C3)cc2c1=O. The van der Waals surface area contributed by atoms with Crippen molar-refractivity contribution in [3.63, 3.8) is 0 Å². The summed E-state index contributed by atoms with van der Waals surface area (Å²) in [7, 11) is 0. The van der Waals surface area contributed by atoms with E-state index in [4.69, 9.17) is 21.3 Å². The van der Waals surface area contributed by atoms with E-state index in [0.717, 1.165) is 32.5 Å². The zero-order valence-corrected chi connectivity index (χ0v) is 23.4. The molecule has 1 saturated heterocycles. The Balaban J connectivity index is 1.40. The molecule has 7 nitrogen and oxygen atoms in total. The van der Waals surface area contributed by atoms with Crippen LogP contribution < -0.4 is 10.9 Å². The Bertz CT molecular complexity index is 1370. The van der Waals surface area contributed by atoms with Crippen LogP contribution >= 0.6 is 11.6 Å². The number of fused-ring (bicyclic) bond motifs is 1.